The Labute approximate surface area is 211 Å². The molecule has 0 spiro atoms. The molecule has 2 aliphatic carbocycles. The van der Waals surface area contributed by atoms with Crippen LogP contribution in [-0.2, 0) is 11.0 Å². The monoisotopic (exact) mass is 520 g/mol. The highest BCUT2D eigenvalue weighted by molar-refractivity contribution is 6.02. The summed E-state index contributed by atoms with van der Waals surface area (Å²) >= 11 is 0. The number of carbonyl (C=O) groups is 2. The SMILES string of the molecule is Cc1cc(C(=O)N2[C@@H](C(=O)N[C@@H](c3ccc(C(F)(F)F)cc3F)C3CC3)C[C@H]3C[C@H]32)c(NCCO)cn1. The molecule has 3 aliphatic rings. The van der Waals surface area contributed by atoms with E-state index in [0.717, 1.165) is 31.4 Å². The minimum atomic E-state index is -4.67. The van der Waals surface area contributed by atoms with Crippen LogP contribution in [-0.4, -0.2) is 52.0 Å². The molecule has 2 saturated carbocycles. The first-order valence-electron chi connectivity index (χ1n) is 12.4. The highest BCUT2D eigenvalue weighted by atomic mass is 19.4. The summed E-state index contributed by atoms with van der Waals surface area (Å²) in [6.07, 6.45) is -0.443. The molecule has 0 radical (unpaired) electrons. The Morgan fingerprint density at radius 2 is 1.97 bits per heavy atom. The summed E-state index contributed by atoms with van der Waals surface area (Å²) in [6, 6.07) is 2.40. The molecule has 0 unspecified atom stereocenters. The number of benzene rings is 1. The first kappa shape index (κ1) is 25.4. The number of aromatic nitrogens is 1. The molecular formula is C26H28F4N4O3. The lowest BCUT2D eigenvalue weighted by molar-refractivity contribution is -0.137. The molecular weight excluding hydrogens is 492 g/mol. The van der Waals surface area contributed by atoms with E-state index < -0.39 is 35.5 Å². The molecule has 3 N–H and O–H groups in total. The standard InChI is InChI=1S/C26H28F4N4O3/c1-13-8-18(20(12-32-13)31-6-7-35)25(37)34-21-9-15(21)10-22(34)24(36)33-23(14-2-3-14)17-5-4-16(11-19(17)27)26(28,29)30/h4-5,8,11-12,14-15,21-23,31,35H,2-3,6-7,9-10H2,1H3,(H,33,36)/t15-,21-,22-,23-/m1/s1. The number of aliphatic hydroxyl groups is 1. The van der Waals surface area contributed by atoms with Gasteiger partial charge in [0.2, 0.25) is 5.91 Å². The summed E-state index contributed by atoms with van der Waals surface area (Å²) in [5.41, 5.74) is 0.358. The molecule has 2 heterocycles. The molecule has 1 aliphatic heterocycles. The fraction of sp³-hybridized carbons (Fsp3) is 0.500. The van der Waals surface area contributed by atoms with E-state index in [1.165, 1.54) is 6.20 Å². The van der Waals surface area contributed by atoms with Gasteiger partial charge in [-0.2, -0.15) is 13.2 Å². The van der Waals surface area contributed by atoms with Crippen LogP contribution in [0.4, 0.5) is 23.2 Å². The Morgan fingerprint density at radius 1 is 1.22 bits per heavy atom. The average molecular weight is 521 g/mol. The summed E-state index contributed by atoms with van der Waals surface area (Å²) in [4.78, 5) is 32.9. The van der Waals surface area contributed by atoms with Crippen molar-refractivity contribution in [2.75, 3.05) is 18.5 Å². The smallest absolute Gasteiger partial charge is 0.395 e. The molecule has 4 atom stereocenters. The van der Waals surface area contributed by atoms with Crippen LogP contribution in [0.5, 0.6) is 0 Å². The van der Waals surface area contributed by atoms with Crippen LogP contribution >= 0.6 is 0 Å². The van der Waals surface area contributed by atoms with Crippen LogP contribution in [0.3, 0.4) is 0 Å². The average Bonchev–Trinajstić information content (AvgIpc) is 3.78. The molecule has 37 heavy (non-hydrogen) atoms. The van der Waals surface area contributed by atoms with Crippen LogP contribution in [0.15, 0.2) is 30.5 Å². The largest absolute Gasteiger partial charge is 0.416 e. The molecule has 1 saturated heterocycles. The number of piperidine rings is 1. The van der Waals surface area contributed by atoms with Crippen molar-refractivity contribution >= 4 is 17.5 Å². The van der Waals surface area contributed by atoms with E-state index in [1.807, 2.05) is 0 Å². The number of likely N-dealkylation sites (tertiary alicyclic amines) is 1. The van der Waals surface area contributed by atoms with Crippen LogP contribution in [0.1, 0.15) is 58.9 Å². The number of amides is 2. The van der Waals surface area contributed by atoms with Crippen molar-refractivity contribution in [1.82, 2.24) is 15.2 Å². The predicted octanol–water partition coefficient (Wildman–Crippen LogP) is 3.82. The Hall–Kier alpha value is -3.21. The number of hydrogen-bond acceptors (Lipinski definition) is 5. The van der Waals surface area contributed by atoms with E-state index >= 15 is 0 Å². The van der Waals surface area contributed by atoms with Crippen molar-refractivity contribution in [2.24, 2.45) is 11.8 Å². The first-order valence-corrected chi connectivity index (χ1v) is 12.4. The highest BCUT2D eigenvalue weighted by Crippen LogP contribution is 2.49. The number of alkyl halides is 3. The number of aliphatic hydroxyl groups excluding tert-OH is 1. The molecule has 198 valence electrons. The quantitative estimate of drug-likeness (QED) is 0.460. The third-order valence-electron chi connectivity index (χ3n) is 7.39. The van der Waals surface area contributed by atoms with E-state index in [9.17, 15) is 32.3 Å². The van der Waals surface area contributed by atoms with Gasteiger partial charge in [-0.25, -0.2) is 4.39 Å². The van der Waals surface area contributed by atoms with E-state index in [4.69, 9.17) is 0 Å². The second-order valence-corrected chi connectivity index (χ2v) is 10.1. The normalized spacial score (nSPS) is 23.4. The van der Waals surface area contributed by atoms with Crippen LogP contribution < -0.4 is 10.6 Å². The van der Waals surface area contributed by atoms with Crippen LogP contribution in [0, 0.1) is 24.6 Å². The molecule has 2 aromatic rings. The van der Waals surface area contributed by atoms with Gasteiger partial charge in [0, 0.05) is 23.8 Å². The summed E-state index contributed by atoms with van der Waals surface area (Å²) in [5.74, 6) is -1.67. The van der Waals surface area contributed by atoms with E-state index in [-0.39, 0.29) is 42.5 Å². The summed E-state index contributed by atoms with van der Waals surface area (Å²) < 4.78 is 53.8. The third kappa shape index (κ3) is 5.14. The van der Waals surface area contributed by atoms with Gasteiger partial charge in [-0.15, -0.1) is 0 Å². The number of anilines is 1. The Balaban J connectivity index is 1.38. The molecule has 1 aromatic carbocycles. The number of pyridine rings is 1. The van der Waals surface area contributed by atoms with Gasteiger partial charge >= 0.3 is 6.18 Å². The lowest BCUT2D eigenvalue weighted by atomic mass is 9.99. The van der Waals surface area contributed by atoms with Gasteiger partial charge in [0.05, 0.1) is 35.7 Å². The second kappa shape index (κ2) is 9.59. The molecule has 0 bridgehead atoms. The first-order chi connectivity index (χ1) is 17.6. The highest BCUT2D eigenvalue weighted by Gasteiger charge is 2.56. The maximum atomic E-state index is 14.8. The fourth-order valence-electron chi connectivity index (χ4n) is 5.27. The number of nitrogens with zero attached hydrogens (tertiary/aromatic N) is 2. The lowest BCUT2D eigenvalue weighted by Gasteiger charge is -2.30. The molecule has 1 aromatic heterocycles. The lowest BCUT2D eigenvalue weighted by Crippen LogP contribution is -2.49. The Kier molecular flexibility index (Phi) is 6.59. The Morgan fingerprint density at radius 3 is 2.62 bits per heavy atom. The Bertz CT molecular complexity index is 1220. The topological polar surface area (TPSA) is 94.6 Å². The number of aryl methyl sites for hydroxylation is 1. The van der Waals surface area contributed by atoms with Gasteiger partial charge < -0.3 is 20.6 Å². The van der Waals surface area contributed by atoms with E-state index in [0.29, 0.717) is 29.4 Å². The number of carbonyl (C=O) groups excluding carboxylic acids is 2. The molecule has 11 heteroatoms. The minimum absolute atomic E-state index is 0.0186. The number of nitrogens with one attached hydrogen (secondary N) is 2. The van der Waals surface area contributed by atoms with Crippen molar-refractivity contribution in [1.29, 1.82) is 0 Å². The van der Waals surface area contributed by atoms with Gasteiger partial charge in [-0.3, -0.25) is 14.6 Å². The van der Waals surface area contributed by atoms with Gasteiger partial charge in [-0.05, 0) is 62.6 Å². The summed E-state index contributed by atoms with van der Waals surface area (Å²) in [5, 5.41) is 15.0. The predicted molar refractivity (Wildman–Crippen MR) is 126 cm³/mol. The van der Waals surface area contributed by atoms with Crippen molar-refractivity contribution in [2.45, 2.75) is 56.9 Å². The molecule has 2 amide bonds. The molecule has 7 nitrogen and oxygen atoms in total. The summed E-state index contributed by atoms with van der Waals surface area (Å²) in [7, 11) is 0. The van der Waals surface area contributed by atoms with Crippen LogP contribution in [0.2, 0.25) is 0 Å². The number of rotatable bonds is 8. The number of halogens is 4. The second-order valence-electron chi connectivity index (χ2n) is 10.1. The number of hydrogen-bond donors (Lipinski definition) is 3. The van der Waals surface area contributed by atoms with Crippen molar-refractivity contribution in [3.05, 3.63) is 58.7 Å². The van der Waals surface area contributed by atoms with E-state index in [1.54, 1.807) is 17.9 Å². The van der Waals surface area contributed by atoms with Gasteiger partial charge in [0.25, 0.3) is 5.91 Å². The van der Waals surface area contributed by atoms with Gasteiger partial charge in [0.1, 0.15) is 11.9 Å². The van der Waals surface area contributed by atoms with Crippen molar-refractivity contribution in [3.8, 4) is 0 Å². The van der Waals surface area contributed by atoms with Gasteiger partial charge in [0.15, 0.2) is 0 Å². The summed E-state index contributed by atoms with van der Waals surface area (Å²) in [6.45, 7) is 1.84. The van der Waals surface area contributed by atoms with Gasteiger partial charge in [-0.1, -0.05) is 6.07 Å². The third-order valence-corrected chi connectivity index (χ3v) is 7.39. The maximum absolute atomic E-state index is 14.8. The fourth-order valence-corrected chi connectivity index (χ4v) is 5.27. The minimum Gasteiger partial charge on any atom is -0.395 e. The maximum Gasteiger partial charge on any atom is 0.416 e. The van der Waals surface area contributed by atoms with Crippen molar-refractivity contribution in [3.63, 3.8) is 0 Å². The molecule has 5 rings (SSSR count). The zero-order valence-electron chi connectivity index (χ0n) is 20.2. The van der Waals surface area contributed by atoms with Crippen LogP contribution in [0.25, 0.3) is 0 Å². The van der Waals surface area contributed by atoms with E-state index in [2.05, 4.69) is 15.6 Å². The molecule has 3 fully saturated rings. The number of fused-ring (bicyclic) bond motifs is 1. The van der Waals surface area contributed by atoms with Crippen molar-refractivity contribution < 1.29 is 32.3 Å². The zero-order chi connectivity index (χ0) is 26.5. The zero-order valence-corrected chi connectivity index (χ0v) is 20.2.